The number of rotatable bonds is 11. The lowest BCUT2D eigenvalue weighted by Gasteiger charge is -2.35. The van der Waals surface area contributed by atoms with Gasteiger partial charge in [0.2, 0.25) is 0 Å². The van der Waals surface area contributed by atoms with Gasteiger partial charge in [0.25, 0.3) is 11.8 Å². The zero-order chi connectivity index (χ0) is 36.9. The lowest BCUT2D eigenvalue weighted by atomic mass is 9.94. The average Bonchev–Trinajstić information content (AvgIpc) is 3.80. The highest BCUT2D eigenvalue weighted by Crippen LogP contribution is 2.35. The summed E-state index contributed by atoms with van der Waals surface area (Å²) >= 11 is 0. The minimum absolute atomic E-state index is 0.0488. The summed E-state index contributed by atoms with van der Waals surface area (Å²) in [6.45, 7) is 12.9. The van der Waals surface area contributed by atoms with Gasteiger partial charge in [-0.25, -0.2) is 4.79 Å². The third-order valence-corrected chi connectivity index (χ3v) is 10.7. The van der Waals surface area contributed by atoms with Gasteiger partial charge in [0.1, 0.15) is 0 Å². The number of aromatic nitrogens is 2. The van der Waals surface area contributed by atoms with E-state index in [2.05, 4.69) is 41.2 Å². The molecule has 2 aromatic carbocycles. The molecule has 52 heavy (non-hydrogen) atoms. The van der Waals surface area contributed by atoms with Crippen molar-refractivity contribution in [1.29, 1.82) is 0 Å². The van der Waals surface area contributed by atoms with E-state index in [1.807, 2.05) is 65.2 Å². The molecule has 3 aliphatic rings. The number of hydrogen-bond acceptors (Lipinski definition) is 7. The number of fused-ring (bicyclic) bond motifs is 1. The number of piperidine rings is 1. The Morgan fingerprint density at radius 1 is 0.981 bits per heavy atom. The van der Waals surface area contributed by atoms with Crippen molar-refractivity contribution in [2.75, 3.05) is 70.7 Å². The molecule has 4 heterocycles. The number of carbonyl (C=O) groups is 3. The molecular weight excluding hydrogens is 656 g/mol. The Morgan fingerprint density at radius 2 is 1.69 bits per heavy atom. The van der Waals surface area contributed by atoms with Crippen molar-refractivity contribution in [3.05, 3.63) is 76.6 Å². The summed E-state index contributed by atoms with van der Waals surface area (Å²) in [5.41, 5.74) is 5.79. The molecule has 4 amide bonds. The molecule has 0 radical (unpaired) electrons. The van der Waals surface area contributed by atoms with Crippen LogP contribution in [-0.4, -0.2) is 109 Å². The smallest absolute Gasteiger partial charge is 0.321 e. The maximum absolute atomic E-state index is 13.7. The average molecular weight is 713 g/mol. The molecule has 3 aromatic rings. The van der Waals surface area contributed by atoms with Crippen molar-refractivity contribution in [3.63, 3.8) is 0 Å². The fourth-order valence-electron chi connectivity index (χ4n) is 7.75. The number of amides is 4. The summed E-state index contributed by atoms with van der Waals surface area (Å²) in [5, 5.41) is 10.7. The van der Waals surface area contributed by atoms with Crippen LogP contribution in [-0.2, 0) is 17.8 Å². The van der Waals surface area contributed by atoms with E-state index in [0.29, 0.717) is 42.1 Å². The molecular formula is C40H56N8O4. The van der Waals surface area contributed by atoms with Gasteiger partial charge in [-0.05, 0) is 100 Å². The first-order valence-corrected chi connectivity index (χ1v) is 18.9. The quantitative estimate of drug-likeness (QED) is 0.267. The van der Waals surface area contributed by atoms with Crippen LogP contribution in [0.3, 0.4) is 0 Å². The molecule has 1 aromatic heterocycles. The summed E-state index contributed by atoms with van der Waals surface area (Å²) in [7, 11) is 5.30. The molecule has 3 aliphatic heterocycles. The van der Waals surface area contributed by atoms with E-state index in [1.165, 1.54) is 17.7 Å². The first-order valence-electron chi connectivity index (χ1n) is 18.9. The highest BCUT2D eigenvalue weighted by Gasteiger charge is 2.33. The number of likely N-dealkylation sites (tertiary alicyclic amines) is 1. The number of nitrogens with one attached hydrogen (secondary N) is 2. The topological polar surface area (TPSA) is 115 Å². The molecule has 12 nitrogen and oxygen atoms in total. The summed E-state index contributed by atoms with van der Waals surface area (Å²) in [6, 6.07) is 15.3. The monoisotopic (exact) mass is 712 g/mol. The van der Waals surface area contributed by atoms with Gasteiger partial charge >= 0.3 is 6.03 Å². The number of carbonyl (C=O) groups excluding carboxylic acids is 3. The lowest BCUT2D eigenvalue weighted by Crippen LogP contribution is -2.42. The van der Waals surface area contributed by atoms with Crippen molar-refractivity contribution >= 4 is 29.2 Å². The van der Waals surface area contributed by atoms with Crippen LogP contribution < -0.4 is 15.5 Å². The molecule has 6 rings (SSSR count). The molecule has 2 fully saturated rings. The van der Waals surface area contributed by atoms with Gasteiger partial charge in [0.05, 0.1) is 6.10 Å². The third-order valence-electron chi connectivity index (χ3n) is 10.7. The van der Waals surface area contributed by atoms with Crippen LogP contribution in [0.25, 0.3) is 0 Å². The van der Waals surface area contributed by atoms with Crippen LogP contribution in [0.4, 0.5) is 16.2 Å². The van der Waals surface area contributed by atoms with Crippen molar-refractivity contribution in [3.8, 4) is 0 Å². The van der Waals surface area contributed by atoms with Crippen LogP contribution in [0, 0.1) is 5.92 Å². The Bertz CT molecular complexity index is 1690. The minimum atomic E-state index is -0.216. The number of anilines is 2. The van der Waals surface area contributed by atoms with E-state index < -0.39 is 0 Å². The zero-order valence-corrected chi connectivity index (χ0v) is 31.7. The van der Waals surface area contributed by atoms with Gasteiger partial charge in [-0.2, -0.15) is 5.10 Å². The van der Waals surface area contributed by atoms with Crippen molar-refractivity contribution < 1.29 is 19.1 Å². The highest BCUT2D eigenvalue weighted by atomic mass is 16.5. The van der Waals surface area contributed by atoms with E-state index in [4.69, 9.17) is 9.84 Å². The van der Waals surface area contributed by atoms with Gasteiger partial charge in [0, 0.05) is 101 Å². The second-order valence-electron chi connectivity index (χ2n) is 15.3. The Balaban J connectivity index is 1.06. The van der Waals surface area contributed by atoms with Crippen LogP contribution in [0.15, 0.2) is 48.5 Å². The van der Waals surface area contributed by atoms with E-state index in [1.54, 1.807) is 14.1 Å². The van der Waals surface area contributed by atoms with E-state index in [0.717, 1.165) is 74.7 Å². The first kappa shape index (κ1) is 37.3. The Kier molecular flexibility index (Phi) is 11.8. The molecule has 0 saturated carbocycles. The van der Waals surface area contributed by atoms with Gasteiger partial charge in [-0.3, -0.25) is 14.3 Å². The van der Waals surface area contributed by atoms with Crippen molar-refractivity contribution in [1.82, 2.24) is 29.8 Å². The summed E-state index contributed by atoms with van der Waals surface area (Å²) < 4.78 is 7.83. The molecule has 12 heteroatoms. The van der Waals surface area contributed by atoms with Gasteiger partial charge in [-0.1, -0.05) is 19.1 Å². The number of benzene rings is 2. The van der Waals surface area contributed by atoms with Crippen molar-refractivity contribution in [2.24, 2.45) is 5.92 Å². The van der Waals surface area contributed by atoms with E-state index in [-0.39, 0.29) is 29.8 Å². The van der Waals surface area contributed by atoms with Crippen LogP contribution in [0.5, 0.6) is 0 Å². The third kappa shape index (κ3) is 8.78. The molecule has 0 aliphatic carbocycles. The Morgan fingerprint density at radius 3 is 2.33 bits per heavy atom. The number of hydrogen-bond donors (Lipinski definition) is 2. The number of nitrogens with zero attached hydrogens (tertiary/aromatic N) is 6. The zero-order valence-electron chi connectivity index (χ0n) is 31.7. The maximum Gasteiger partial charge on any atom is 0.321 e. The molecule has 0 unspecified atom stereocenters. The second kappa shape index (κ2) is 16.5. The molecule has 2 atom stereocenters. The first-order chi connectivity index (χ1) is 25.0. The highest BCUT2D eigenvalue weighted by molar-refractivity contribution is 5.95. The Labute approximate surface area is 308 Å². The number of ether oxygens (including phenoxy) is 1. The predicted octanol–water partition coefficient (Wildman–Crippen LogP) is 5.57. The van der Waals surface area contributed by atoms with Gasteiger partial charge < -0.3 is 35.0 Å². The molecule has 280 valence electrons. The summed E-state index contributed by atoms with van der Waals surface area (Å²) in [6.07, 6.45) is 4.96. The lowest BCUT2D eigenvalue weighted by molar-refractivity contribution is 0.0544. The van der Waals surface area contributed by atoms with Gasteiger partial charge in [-0.15, -0.1) is 0 Å². The summed E-state index contributed by atoms with van der Waals surface area (Å²) in [4.78, 5) is 47.2. The summed E-state index contributed by atoms with van der Waals surface area (Å²) in [5.74, 6) is 0.494. The van der Waals surface area contributed by atoms with Crippen LogP contribution in [0.1, 0.15) is 96.1 Å². The second-order valence-corrected chi connectivity index (χ2v) is 15.3. The van der Waals surface area contributed by atoms with Crippen LogP contribution in [0.2, 0.25) is 0 Å². The molecule has 2 N–H and O–H groups in total. The van der Waals surface area contributed by atoms with E-state index >= 15 is 0 Å². The largest absolute Gasteiger partial charge is 0.377 e. The number of urea groups is 1. The normalized spacial score (nSPS) is 19.4. The molecule has 0 spiro atoms. The van der Waals surface area contributed by atoms with Gasteiger partial charge in [0.15, 0.2) is 5.69 Å². The predicted molar refractivity (Wildman–Crippen MR) is 204 cm³/mol. The Hall–Kier alpha value is -4.42. The molecule has 2 saturated heterocycles. The maximum atomic E-state index is 13.7. The SMILES string of the molecule is CC(C)n1nc(C(=O)NCc2ccc(NC(=O)N(C)C)cc2)c2c1[C@@H](C)CN(c1ccc(C(=O)N(C)CC3CCN(C[C@H]4CCCO4)CC3)cc1)C2. The van der Waals surface area contributed by atoms with Crippen LogP contribution >= 0.6 is 0 Å². The standard InChI is InChI=1S/C40H56N8O4/c1-27(2)48-37-28(3)23-47(26-35(37)36(43-48)38(49)41-22-29-9-13-32(14-10-29)42-40(51)44(4)5)33-15-11-31(12-16-33)39(50)45(6)24-30-17-19-46(20-18-30)25-34-8-7-21-52-34/h9-16,27-28,30,34H,7-8,17-26H2,1-6H3,(H,41,49)(H,42,51)/t28-,34+/m0/s1. The molecule has 0 bridgehead atoms. The fourth-order valence-corrected chi connectivity index (χ4v) is 7.75. The van der Waals surface area contributed by atoms with E-state index in [9.17, 15) is 14.4 Å². The van der Waals surface area contributed by atoms with Crippen molar-refractivity contribution in [2.45, 2.75) is 77.6 Å². The minimum Gasteiger partial charge on any atom is -0.377 e. The fraction of sp³-hybridized carbons (Fsp3) is 0.550.